The molecule has 1 aromatic carbocycles. The van der Waals surface area contributed by atoms with Crippen molar-refractivity contribution >= 4 is 11.5 Å². The Hall–Kier alpha value is -1.85. The summed E-state index contributed by atoms with van der Waals surface area (Å²) in [5, 5.41) is 14.5. The zero-order valence-electron chi connectivity index (χ0n) is 11.8. The van der Waals surface area contributed by atoms with Crippen molar-refractivity contribution in [2.45, 2.75) is 33.1 Å². The van der Waals surface area contributed by atoms with E-state index in [0.717, 1.165) is 37.5 Å². The molecule has 0 aromatic heterocycles. The summed E-state index contributed by atoms with van der Waals surface area (Å²) in [6.07, 6.45) is 2.35. The second-order valence-corrected chi connectivity index (χ2v) is 5.38. The van der Waals surface area contributed by atoms with Gasteiger partial charge in [-0.2, -0.15) is 0 Å². The molecule has 6 heteroatoms. The highest BCUT2D eigenvalue weighted by molar-refractivity contribution is 5.85. The molecule has 0 atom stereocenters. The monoisotopic (exact) mass is 285 g/mol. The zero-order chi connectivity index (χ0) is 15.2. The van der Waals surface area contributed by atoms with Crippen LogP contribution in [0, 0.1) is 17.0 Å². The topological polar surface area (TPSA) is 70.6 Å². The Morgan fingerprint density at radius 1 is 1.35 bits per heavy atom. The van der Waals surface area contributed by atoms with Crippen molar-refractivity contribution in [2.75, 3.05) is 11.9 Å². The SMILES string of the molecule is CC(C)(CCCCNc1cc(F)ccc1F)/C(N)=N/O. The molecule has 0 saturated heterocycles. The molecule has 0 fully saturated rings. The first-order chi connectivity index (χ1) is 9.36. The maximum absolute atomic E-state index is 13.3. The van der Waals surface area contributed by atoms with Gasteiger partial charge in [0.15, 0.2) is 0 Å². The van der Waals surface area contributed by atoms with Gasteiger partial charge in [0, 0.05) is 12.0 Å². The van der Waals surface area contributed by atoms with Crippen LogP contribution >= 0.6 is 0 Å². The lowest BCUT2D eigenvalue weighted by Gasteiger charge is -2.22. The Balaban J connectivity index is 2.34. The molecule has 0 bridgehead atoms. The molecule has 0 heterocycles. The number of nitrogens with zero attached hydrogens (tertiary/aromatic N) is 1. The van der Waals surface area contributed by atoms with Gasteiger partial charge >= 0.3 is 0 Å². The predicted octanol–water partition coefficient (Wildman–Crippen LogP) is 3.32. The fourth-order valence-corrected chi connectivity index (χ4v) is 1.81. The fraction of sp³-hybridized carbons (Fsp3) is 0.500. The van der Waals surface area contributed by atoms with Crippen LogP contribution in [-0.2, 0) is 0 Å². The Morgan fingerprint density at radius 2 is 2.05 bits per heavy atom. The fourth-order valence-electron chi connectivity index (χ4n) is 1.81. The maximum atomic E-state index is 13.3. The lowest BCUT2D eigenvalue weighted by molar-refractivity contribution is 0.304. The molecule has 0 aliphatic rings. The van der Waals surface area contributed by atoms with Crippen molar-refractivity contribution < 1.29 is 14.0 Å². The van der Waals surface area contributed by atoms with Crippen LogP contribution in [0.3, 0.4) is 0 Å². The van der Waals surface area contributed by atoms with E-state index in [0.29, 0.717) is 6.54 Å². The Labute approximate surface area is 117 Å². The van der Waals surface area contributed by atoms with Crippen LogP contribution in [0.2, 0.25) is 0 Å². The summed E-state index contributed by atoms with van der Waals surface area (Å²) >= 11 is 0. The van der Waals surface area contributed by atoms with E-state index in [1.807, 2.05) is 13.8 Å². The van der Waals surface area contributed by atoms with Crippen LogP contribution in [0.5, 0.6) is 0 Å². The summed E-state index contributed by atoms with van der Waals surface area (Å²) < 4.78 is 26.3. The molecule has 0 amide bonds. The minimum absolute atomic E-state index is 0.167. The zero-order valence-corrected chi connectivity index (χ0v) is 11.8. The average molecular weight is 285 g/mol. The highest BCUT2D eigenvalue weighted by atomic mass is 19.1. The Bertz CT molecular complexity index is 475. The average Bonchev–Trinajstić information content (AvgIpc) is 2.41. The summed E-state index contributed by atoms with van der Waals surface area (Å²) in [7, 11) is 0. The van der Waals surface area contributed by atoms with Gasteiger partial charge in [-0.05, 0) is 31.0 Å². The van der Waals surface area contributed by atoms with Gasteiger partial charge in [0.25, 0.3) is 0 Å². The number of oxime groups is 1. The number of unbranched alkanes of at least 4 members (excludes halogenated alkanes) is 1. The quantitative estimate of drug-likeness (QED) is 0.237. The molecule has 4 N–H and O–H groups in total. The van der Waals surface area contributed by atoms with E-state index in [9.17, 15) is 8.78 Å². The van der Waals surface area contributed by atoms with Crippen molar-refractivity contribution in [1.29, 1.82) is 0 Å². The van der Waals surface area contributed by atoms with E-state index in [1.165, 1.54) is 0 Å². The number of nitrogens with two attached hydrogens (primary N) is 1. The summed E-state index contributed by atoms with van der Waals surface area (Å²) in [6.45, 7) is 4.32. The van der Waals surface area contributed by atoms with Crippen LogP contribution < -0.4 is 11.1 Å². The molecule has 1 rings (SSSR count). The van der Waals surface area contributed by atoms with Crippen molar-refractivity contribution in [2.24, 2.45) is 16.3 Å². The number of amidine groups is 1. The third-order valence-electron chi connectivity index (χ3n) is 3.27. The summed E-state index contributed by atoms with van der Waals surface area (Å²) in [5.74, 6) is -0.744. The lowest BCUT2D eigenvalue weighted by Crippen LogP contribution is -2.31. The van der Waals surface area contributed by atoms with Gasteiger partial charge in [0.05, 0.1) is 5.69 Å². The van der Waals surface area contributed by atoms with Crippen LogP contribution in [0.25, 0.3) is 0 Å². The van der Waals surface area contributed by atoms with Crippen molar-refractivity contribution in [3.8, 4) is 0 Å². The van der Waals surface area contributed by atoms with Gasteiger partial charge < -0.3 is 16.3 Å². The van der Waals surface area contributed by atoms with Crippen molar-refractivity contribution in [1.82, 2.24) is 0 Å². The molecular weight excluding hydrogens is 264 g/mol. The highest BCUT2D eigenvalue weighted by Crippen LogP contribution is 2.23. The normalized spacial score (nSPS) is 12.5. The van der Waals surface area contributed by atoms with E-state index >= 15 is 0 Å². The minimum atomic E-state index is -0.470. The first-order valence-corrected chi connectivity index (χ1v) is 6.54. The van der Waals surface area contributed by atoms with Crippen LogP contribution in [-0.4, -0.2) is 17.6 Å². The van der Waals surface area contributed by atoms with Gasteiger partial charge in [0.1, 0.15) is 17.5 Å². The molecular formula is C14H21F2N3O. The van der Waals surface area contributed by atoms with Gasteiger partial charge in [-0.1, -0.05) is 25.4 Å². The Morgan fingerprint density at radius 3 is 2.70 bits per heavy atom. The second kappa shape index (κ2) is 7.07. The maximum Gasteiger partial charge on any atom is 0.146 e. The first kappa shape index (κ1) is 16.2. The van der Waals surface area contributed by atoms with Crippen LogP contribution in [0.1, 0.15) is 33.1 Å². The van der Waals surface area contributed by atoms with E-state index in [1.54, 1.807) is 0 Å². The van der Waals surface area contributed by atoms with E-state index < -0.39 is 11.6 Å². The molecule has 4 nitrogen and oxygen atoms in total. The minimum Gasteiger partial charge on any atom is -0.409 e. The smallest absolute Gasteiger partial charge is 0.146 e. The molecule has 112 valence electrons. The molecule has 0 unspecified atom stereocenters. The standard InChI is InChI=1S/C14H21F2N3O/c1-14(2,13(17)19-20)7-3-4-8-18-12-9-10(15)5-6-11(12)16/h5-6,9,18,20H,3-4,7-8H2,1-2H3,(H2,17,19). The number of hydrogen-bond donors (Lipinski definition) is 3. The summed E-state index contributed by atoms with van der Waals surface area (Å²) in [4.78, 5) is 0. The molecule has 0 saturated carbocycles. The van der Waals surface area contributed by atoms with E-state index in [-0.39, 0.29) is 16.9 Å². The number of anilines is 1. The number of rotatable bonds is 7. The highest BCUT2D eigenvalue weighted by Gasteiger charge is 2.22. The van der Waals surface area contributed by atoms with Gasteiger partial charge in [-0.25, -0.2) is 8.78 Å². The Kier molecular flexibility index (Phi) is 5.73. The molecule has 0 aliphatic heterocycles. The van der Waals surface area contributed by atoms with Gasteiger partial charge in [0.2, 0.25) is 0 Å². The van der Waals surface area contributed by atoms with Crippen LogP contribution in [0.15, 0.2) is 23.4 Å². The lowest BCUT2D eigenvalue weighted by atomic mass is 9.86. The van der Waals surface area contributed by atoms with E-state index in [2.05, 4.69) is 10.5 Å². The third kappa shape index (κ3) is 4.68. The van der Waals surface area contributed by atoms with Crippen molar-refractivity contribution in [3.63, 3.8) is 0 Å². The molecule has 0 radical (unpaired) electrons. The summed E-state index contributed by atoms with van der Waals surface area (Å²) in [5.41, 5.74) is 5.38. The third-order valence-corrected chi connectivity index (χ3v) is 3.27. The molecule has 20 heavy (non-hydrogen) atoms. The molecule has 0 aliphatic carbocycles. The van der Waals surface area contributed by atoms with Gasteiger partial charge in [-0.15, -0.1) is 0 Å². The summed E-state index contributed by atoms with van der Waals surface area (Å²) in [6, 6.07) is 3.31. The second-order valence-electron chi connectivity index (χ2n) is 5.38. The number of hydrogen-bond acceptors (Lipinski definition) is 3. The first-order valence-electron chi connectivity index (χ1n) is 6.54. The molecule has 0 spiro atoms. The number of nitrogens with one attached hydrogen (secondary N) is 1. The molecule has 1 aromatic rings. The predicted molar refractivity (Wildman–Crippen MR) is 75.9 cm³/mol. The van der Waals surface area contributed by atoms with Gasteiger partial charge in [-0.3, -0.25) is 0 Å². The van der Waals surface area contributed by atoms with E-state index in [4.69, 9.17) is 10.9 Å². The van der Waals surface area contributed by atoms with Crippen molar-refractivity contribution in [3.05, 3.63) is 29.8 Å². The van der Waals surface area contributed by atoms with Crippen LogP contribution in [0.4, 0.5) is 14.5 Å². The number of benzene rings is 1. The number of halogens is 2. The largest absolute Gasteiger partial charge is 0.409 e.